The van der Waals surface area contributed by atoms with Crippen LogP contribution in [-0.4, -0.2) is 39.5 Å². The molecule has 0 unspecified atom stereocenters. The Morgan fingerprint density at radius 1 is 1.20 bits per heavy atom. The van der Waals surface area contributed by atoms with Crippen molar-refractivity contribution in [3.63, 3.8) is 0 Å². The van der Waals surface area contributed by atoms with Gasteiger partial charge in [-0.25, -0.2) is 9.97 Å². The number of anilines is 1. The summed E-state index contributed by atoms with van der Waals surface area (Å²) in [7, 11) is 0. The maximum atomic E-state index is 4.64. The molecule has 0 saturated carbocycles. The van der Waals surface area contributed by atoms with Crippen LogP contribution in [0.5, 0.6) is 0 Å². The van der Waals surface area contributed by atoms with Crippen LogP contribution in [0.2, 0.25) is 0 Å². The van der Waals surface area contributed by atoms with E-state index in [0.717, 1.165) is 28.3 Å². The Balaban J connectivity index is 1.61. The molecule has 0 amide bonds. The van der Waals surface area contributed by atoms with Gasteiger partial charge in [-0.2, -0.15) is 0 Å². The van der Waals surface area contributed by atoms with Gasteiger partial charge < -0.3 is 10.2 Å². The standard InChI is InChI=1S/C14H18IN5/c15-11-10-17-13(20-9-6-16-12(11)20)19-7-3-14(4-8-19)2-1-5-18-14/h6,9-10,18H,1-5,7-8H2. The summed E-state index contributed by atoms with van der Waals surface area (Å²) in [6, 6.07) is 0. The fraction of sp³-hybridized carbons (Fsp3) is 0.571. The molecule has 20 heavy (non-hydrogen) atoms. The van der Waals surface area contributed by atoms with Gasteiger partial charge in [0, 0.05) is 37.2 Å². The van der Waals surface area contributed by atoms with E-state index in [1.807, 2.05) is 18.6 Å². The lowest BCUT2D eigenvalue weighted by Crippen LogP contribution is -2.50. The van der Waals surface area contributed by atoms with Crippen molar-refractivity contribution in [2.75, 3.05) is 24.5 Å². The third-order valence-electron chi connectivity index (χ3n) is 4.70. The molecule has 5 nitrogen and oxygen atoms in total. The lowest BCUT2D eigenvalue weighted by Gasteiger charge is -2.40. The summed E-state index contributed by atoms with van der Waals surface area (Å²) in [4.78, 5) is 11.5. The fourth-order valence-electron chi connectivity index (χ4n) is 3.54. The first kappa shape index (κ1) is 12.8. The monoisotopic (exact) mass is 383 g/mol. The van der Waals surface area contributed by atoms with E-state index in [9.17, 15) is 0 Å². The van der Waals surface area contributed by atoms with Gasteiger partial charge in [0.05, 0.1) is 3.57 Å². The summed E-state index contributed by atoms with van der Waals surface area (Å²) < 4.78 is 3.21. The first-order valence-electron chi connectivity index (χ1n) is 7.25. The lowest BCUT2D eigenvalue weighted by atomic mass is 9.86. The molecule has 6 heteroatoms. The highest BCUT2D eigenvalue weighted by Gasteiger charge is 2.37. The summed E-state index contributed by atoms with van der Waals surface area (Å²) in [6.45, 7) is 3.34. The Morgan fingerprint density at radius 2 is 2.05 bits per heavy atom. The van der Waals surface area contributed by atoms with Crippen LogP contribution in [0.3, 0.4) is 0 Å². The Labute approximate surface area is 131 Å². The quantitative estimate of drug-likeness (QED) is 0.766. The van der Waals surface area contributed by atoms with E-state index < -0.39 is 0 Å². The Kier molecular flexibility index (Phi) is 3.10. The van der Waals surface area contributed by atoms with Crippen molar-refractivity contribution in [2.45, 2.75) is 31.2 Å². The van der Waals surface area contributed by atoms with E-state index in [2.05, 4.69) is 47.2 Å². The number of rotatable bonds is 1. The van der Waals surface area contributed by atoms with Crippen molar-refractivity contribution in [1.82, 2.24) is 19.7 Å². The summed E-state index contributed by atoms with van der Waals surface area (Å²) in [6.07, 6.45) is 10.9. The number of hydrogen-bond acceptors (Lipinski definition) is 4. The van der Waals surface area contributed by atoms with Crippen molar-refractivity contribution in [1.29, 1.82) is 0 Å². The van der Waals surface area contributed by atoms with E-state index in [-0.39, 0.29) is 0 Å². The molecule has 0 atom stereocenters. The largest absolute Gasteiger partial charge is 0.342 e. The second-order valence-corrected chi connectivity index (χ2v) is 6.99. The van der Waals surface area contributed by atoms with E-state index >= 15 is 0 Å². The molecule has 1 N–H and O–H groups in total. The Hall–Kier alpha value is -0.890. The first-order chi connectivity index (χ1) is 9.77. The van der Waals surface area contributed by atoms with E-state index in [4.69, 9.17) is 0 Å². The highest BCUT2D eigenvalue weighted by Crippen LogP contribution is 2.32. The number of imidazole rings is 1. The minimum absolute atomic E-state index is 0.410. The van der Waals surface area contributed by atoms with Crippen molar-refractivity contribution in [2.24, 2.45) is 0 Å². The first-order valence-corrected chi connectivity index (χ1v) is 8.33. The normalized spacial score (nSPS) is 21.9. The molecular weight excluding hydrogens is 365 g/mol. The second-order valence-electron chi connectivity index (χ2n) is 5.82. The predicted molar refractivity (Wildman–Crippen MR) is 87.1 cm³/mol. The SMILES string of the molecule is Ic1cnc(N2CCC3(CCCN3)CC2)n2ccnc12. The van der Waals surface area contributed by atoms with Crippen LogP contribution in [-0.2, 0) is 0 Å². The van der Waals surface area contributed by atoms with Crippen LogP contribution >= 0.6 is 22.6 Å². The van der Waals surface area contributed by atoms with Crippen LogP contribution in [0.4, 0.5) is 5.95 Å². The number of nitrogens with zero attached hydrogens (tertiary/aromatic N) is 4. The van der Waals surface area contributed by atoms with Crippen molar-refractivity contribution in [3.8, 4) is 0 Å². The maximum Gasteiger partial charge on any atom is 0.211 e. The zero-order valence-electron chi connectivity index (χ0n) is 11.3. The smallest absolute Gasteiger partial charge is 0.211 e. The molecule has 0 aromatic carbocycles. The van der Waals surface area contributed by atoms with Crippen molar-refractivity contribution < 1.29 is 0 Å². The molecule has 2 aromatic rings. The molecule has 0 radical (unpaired) electrons. The number of aromatic nitrogens is 3. The van der Waals surface area contributed by atoms with Gasteiger partial charge in [0.1, 0.15) is 0 Å². The highest BCUT2D eigenvalue weighted by molar-refractivity contribution is 14.1. The van der Waals surface area contributed by atoms with Gasteiger partial charge in [0.2, 0.25) is 5.95 Å². The van der Waals surface area contributed by atoms with E-state index in [1.165, 1.54) is 32.2 Å². The maximum absolute atomic E-state index is 4.64. The van der Waals surface area contributed by atoms with Crippen LogP contribution < -0.4 is 10.2 Å². The van der Waals surface area contributed by atoms with Gasteiger partial charge in [-0.1, -0.05) is 0 Å². The van der Waals surface area contributed by atoms with Gasteiger partial charge in [0.25, 0.3) is 0 Å². The summed E-state index contributed by atoms with van der Waals surface area (Å²) in [5.74, 6) is 1.03. The van der Waals surface area contributed by atoms with Gasteiger partial charge in [-0.15, -0.1) is 0 Å². The summed E-state index contributed by atoms with van der Waals surface area (Å²) >= 11 is 2.29. The number of halogens is 1. The molecule has 2 aliphatic rings. The fourth-order valence-corrected chi connectivity index (χ4v) is 4.08. The topological polar surface area (TPSA) is 45.5 Å². The zero-order chi connectivity index (χ0) is 13.6. The highest BCUT2D eigenvalue weighted by atomic mass is 127. The molecule has 106 valence electrons. The van der Waals surface area contributed by atoms with Crippen LogP contribution in [0.15, 0.2) is 18.6 Å². The van der Waals surface area contributed by atoms with Crippen molar-refractivity contribution >= 4 is 34.2 Å². The summed E-state index contributed by atoms with van der Waals surface area (Å²) in [5, 5.41) is 3.72. The molecule has 2 saturated heterocycles. The van der Waals surface area contributed by atoms with Gasteiger partial charge in [-0.3, -0.25) is 4.40 Å². The third-order valence-corrected chi connectivity index (χ3v) is 5.46. The van der Waals surface area contributed by atoms with E-state index in [1.54, 1.807) is 0 Å². The number of piperidine rings is 1. The Bertz CT molecular complexity index is 622. The summed E-state index contributed by atoms with van der Waals surface area (Å²) in [5.41, 5.74) is 1.42. The zero-order valence-corrected chi connectivity index (χ0v) is 13.5. The average Bonchev–Trinajstić information content (AvgIpc) is 3.11. The average molecular weight is 383 g/mol. The minimum Gasteiger partial charge on any atom is -0.342 e. The minimum atomic E-state index is 0.410. The molecule has 4 heterocycles. The molecule has 2 aromatic heterocycles. The molecule has 4 rings (SSSR count). The molecule has 0 bridgehead atoms. The van der Waals surface area contributed by atoms with Crippen LogP contribution in [0.25, 0.3) is 5.65 Å². The van der Waals surface area contributed by atoms with E-state index in [0.29, 0.717) is 5.54 Å². The number of fused-ring (bicyclic) bond motifs is 1. The third kappa shape index (κ3) is 2.00. The van der Waals surface area contributed by atoms with Gasteiger partial charge >= 0.3 is 0 Å². The molecule has 1 spiro atoms. The number of hydrogen-bond donors (Lipinski definition) is 1. The molecular formula is C14H18IN5. The van der Waals surface area contributed by atoms with Gasteiger partial charge in [-0.05, 0) is 54.8 Å². The molecule has 2 aliphatic heterocycles. The molecule has 2 fully saturated rings. The lowest BCUT2D eigenvalue weighted by molar-refractivity contribution is 0.295. The van der Waals surface area contributed by atoms with Crippen LogP contribution in [0, 0.1) is 3.57 Å². The van der Waals surface area contributed by atoms with Gasteiger partial charge in [0.15, 0.2) is 5.65 Å². The molecule has 0 aliphatic carbocycles. The Morgan fingerprint density at radius 3 is 2.80 bits per heavy atom. The number of nitrogens with one attached hydrogen (secondary N) is 1. The predicted octanol–water partition coefficient (Wildman–Crippen LogP) is 2.06. The second kappa shape index (κ2) is 4.84. The van der Waals surface area contributed by atoms with Crippen molar-refractivity contribution in [3.05, 3.63) is 22.2 Å². The van der Waals surface area contributed by atoms with Crippen LogP contribution in [0.1, 0.15) is 25.7 Å².